The van der Waals surface area contributed by atoms with Crippen LogP contribution in [0.2, 0.25) is 10.0 Å². The Labute approximate surface area is 217 Å². The Balaban J connectivity index is 1.38. The first-order valence-corrected chi connectivity index (χ1v) is 12.2. The molecule has 2 aliphatic rings. The van der Waals surface area contributed by atoms with E-state index in [1.54, 1.807) is 17.2 Å². The van der Waals surface area contributed by atoms with Crippen LogP contribution in [0.1, 0.15) is 17.4 Å². The lowest BCUT2D eigenvalue weighted by atomic mass is 9.94. The van der Waals surface area contributed by atoms with Crippen molar-refractivity contribution in [3.05, 3.63) is 112 Å². The number of carbonyl (C=O) groups is 2. The highest BCUT2D eigenvalue weighted by atomic mass is 35.5. The molecule has 2 amide bonds. The van der Waals surface area contributed by atoms with Crippen molar-refractivity contribution in [2.75, 3.05) is 5.06 Å². The van der Waals surface area contributed by atoms with Crippen LogP contribution in [0.15, 0.2) is 95.4 Å². The Morgan fingerprint density at radius 2 is 1.50 bits per heavy atom. The number of amides is 2. The summed E-state index contributed by atoms with van der Waals surface area (Å²) in [4.78, 5) is 34.4. The molecule has 3 atom stereocenters. The van der Waals surface area contributed by atoms with Crippen LogP contribution in [-0.2, 0) is 21.0 Å². The smallest absolute Gasteiger partial charge is 0.262 e. The van der Waals surface area contributed by atoms with Crippen LogP contribution in [0.4, 0.5) is 5.69 Å². The number of hydrogen-bond donors (Lipinski definition) is 0. The number of benzene rings is 3. The third-order valence-corrected chi connectivity index (χ3v) is 7.26. The van der Waals surface area contributed by atoms with Gasteiger partial charge in [-0.3, -0.25) is 19.3 Å². The van der Waals surface area contributed by atoms with E-state index in [-0.39, 0.29) is 18.4 Å². The molecule has 8 heteroatoms. The molecule has 0 saturated carbocycles. The molecule has 3 heterocycles. The van der Waals surface area contributed by atoms with Gasteiger partial charge in [-0.1, -0.05) is 71.7 Å². The minimum absolute atomic E-state index is 0.194. The van der Waals surface area contributed by atoms with Gasteiger partial charge in [0, 0.05) is 5.56 Å². The quantitative estimate of drug-likeness (QED) is 0.290. The Kier molecular flexibility index (Phi) is 5.80. The van der Waals surface area contributed by atoms with E-state index in [4.69, 9.17) is 32.5 Å². The maximum absolute atomic E-state index is 13.6. The third-order valence-electron chi connectivity index (χ3n) is 6.52. The van der Waals surface area contributed by atoms with Gasteiger partial charge in [-0.15, -0.1) is 0 Å². The summed E-state index contributed by atoms with van der Waals surface area (Å²) in [5.74, 6) is -0.319. The van der Waals surface area contributed by atoms with Gasteiger partial charge < -0.3 is 4.42 Å². The van der Waals surface area contributed by atoms with E-state index in [1.165, 1.54) is 4.90 Å². The molecule has 6 rings (SSSR count). The minimum Gasteiger partial charge on any atom is -0.459 e. The van der Waals surface area contributed by atoms with Crippen molar-refractivity contribution in [2.45, 2.75) is 18.7 Å². The molecule has 0 aliphatic carbocycles. The first-order valence-electron chi connectivity index (χ1n) is 11.5. The van der Waals surface area contributed by atoms with Crippen molar-refractivity contribution >= 4 is 40.7 Å². The summed E-state index contributed by atoms with van der Waals surface area (Å²) in [7, 11) is 0. The Morgan fingerprint density at radius 1 is 0.778 bits per heavy atom. The van der Waals surface area contributed by atoms with Crippen molar-refractivity contribution in [1.29, 1.82) is 0 Å². The zero-order valence-corrected chi connectivity index (χ0v) is 20.4. The summed E-state index contributed by atoms with van der Waals surface area (Å²) in [6.07, 6.45) is -0.940. The van der Waals surface area contributed by atoms with Gasteiger partial charge in [-0.05, 0) is 48.0 Å². The number of para-hydroxylation sites is 1. The largest absolute Gasteiger partial charge is 0.459 e. The standard InChI is InChI=1S/C28H20Cl2N2O4/c29-20-12-11-18(15-21(20)30)22-13-14-23(35-22)25-24-26(36-32(25)19-9-5-2-6-10-19)28(34)31(27(24)33)16-17-7-3-1-4-8-17/h1-15,24-26H,16H2/t24-,25-,26+/m0/s1. The van der Waals surface area contributed by atoms with Crippen LogP contribution in [0.25, 0.3) is 11.3 Å². The molecule has 0 N–H and O–H groups in total. The van der Waals surface area contributed by atoms with Crippen molar-refractivity contribution in [3.63, 3.8) is 0 Å². The molecule has 0 spiro atoms. The highest BCUT2D eigenvalue weighted by Crippen LogP contribution is 2.48. The maximum Gasteiger partial charge on any atom is 0.262 e. The maximum atomic E-state index is 13.6. The van der Waals surface area contributed by atoms with E-state index >= 15 is 0 Å². The Morgan fingerprint density at radius 3 is 2.22 bits per heavy atom. The van der Waals surface area contributed by atoms with E-state index in [9.17, 15) is 9.59 Å². The van der Waals surface area contributed by atoms with Crippen molar-refractivity contribution in [3.8, 4) is 11.3 Å². The molecule has 1 aromatic heterocycles. The van der Waals surface area contributed by atoms with Gasteiger partial charge in [-0.2, -0.15) is 0 Å². The number of rotatable bonds is 5. The topological polar surface area (TPSA) is 63.0 Å². The van der Waals surface area contributed by atoms with E-state index in [0.29, 0.717) is 21.6 Å². The first kappa shape index (κ1) is 22.9. The number of hydroxylamine groups is 1. The molecule has 2 saturated heterocycles. The second-order valence-corrected chi connectivity index (χ2v) is 9.55. The highest BCUT2D eigenvalue weighted by molar-refractivity contribution is 6.42. The van der Waals surface area contributed by atoms with Crippen LogP contribution in [-0.4, -0.2) is 22.8 Å². The van der Waals surface area contributed by atoms with Crippen LogP contribution in [0.5, 0.6) is 0 Å². The lowest BCUT2D eigenvalue weighted by molar-refractivity contribution is -0.143. The molecule has 2 aliphatic heterocycles. The van der Waals surface area contributed by atoms with Gasteiger partial charge in [0.2, 0.25) is 5.91 Å². The number of fused-ring (bicyclic) bond motifs is 1. The van der Waals surface area contributed by atoms with E-state index in [0.717, 1.165) is 16.8 Å². The average Bonchev–Trinajstić information content (AvgIpc) is 3.59. The SMILES string of the molecule is O=C1[C@@H]2[C@@H](ON(c3ccccc3)[C@H]2c2ccc(-c3ccc(Cl)c(Cl)c3)o2)C(=O)N1Cc1ccccc1. The summed E-state index contributed by atoms with van der Waals surface area (Å²) in [6, 6.07) is 27.0. The number of carbonyl (C=O) groups excluding carboxylic acids is 2. The highest BCUT2D eigenvalue weighted by Gasteiger charge is 2.60. The number of furan rings is 1. The second-order valence-electron chi connectivity index (χ2n) is 8.74. The number of halogens is 2. The Hall–Kier alpha value is -3.58. The van der Waals surface area contributed by atoms with E-state index in [1.807, 2.05) is 78.9 Å². The summed E-state index contributed by atoms with van der Waals surface area (Å²) >= 11 is 12.3. The molecule has 180 valence electrons. The molecule has 4 aromatic rings. The molecule has 36 heavy (non-hydrogen) atoms. The molecular weight excluding hydrogens is 499 g/mol. The number of anilines is 1. The lowest BCUT2D eigenvalue weighted by Gasteiger charge is -2.27. The van der Waals surface area contributed by atoms with Crippen LogP contribution in [0, 0.1) is 5.92 Å². The van der Waals surface area contributed by atoms with Gasteiger partial charge >= 0.3 is 0 Å². The number of imide groups is 1. The molecular formula is C28H20Cl2N2O4. The fourth-order valence-electron chi connectivity index (χ4n) is 4.80. The molecule has 0 bridgehead atoms. The van der Waals surface area contributed by atoms with Gasteiger partial charge in [0.05, 0.1) is 22.3 Å². The van der Waals surface area contributed by atoms with Crippen LogP contribution in [0.3, 0.4) is 0 Å². The van der Waals surface area contributed by atoms with Gasteiger partial charge in [0.1, 0.15) is 23.5 Å². The predicted molar refractivity (Wildman–Crippen MR) is 136 cm³/mol. The molecule has 6 nitrogen and oxygen atoms in total. The molecule has 0 radical (unpaired) electrons. The van der Waals surface area contributed by atoms with Crippen molar-refractivity contribution < 1.29 is 18.8 Å². The number of hydrogen-bond acceptors (Lipinski definition) is 5. The van der Waals surface area contributed by atoms with Crippen LogP contribution >= 0.6 is 23.2 Å². The van der Waals surface area contributed by atoms with Gasteiger partial charge in [0.15, 0.2) is 6.10 Å². The van der Waals surface area contributed by atoms with Gasteiger partial charge in [-0.25, -0.2) is 5.06 Å². The monoisotopic (exact) mass is 518 g/mol. The first-order chi connectivity index (χ1) is 17.5. The van der Waals surface area contributed by atoms with Gasteiger partial charge in [0.25, 0.3) is 5.91 Å². The summed E-state index contributed by atoms with van der Waals surface area (Å²) < 4.78 is 6.24. The minimum atomic E-state index is -0.940. The molecule has 0 unspecified atom stereocenters. The van der Waals surface area contributed by atoms with E-state index in [2.05, 4.69) is 0 Å². The zero-order valence-electron chi connectivity index (χ0n) is 18.9. The summed E-state index contributed by atoms with van der Waals surface area (Å²) in [5, 5.41) is 2.47. The summed E-state index contributed by atoms with van der Waals surface area (Å²) in [6.45, 7) is 0.194. The lowest BCUT2D eigenvalue weighted by Crippen LogP contribution is -2.36. The fraction of sp³-hybridized carbons (Fsp3) is 0.143. The molecule has 3 aromatic carbocycles. The van der Waals surface area contributed by atoms with Crippen molar-refractivity contribution in [2.24, 2.45) is 5.92 Å². The third kappa shape index (κ3) is 3.88. The average molecular weight is 519 g/mol. The fourth-order valence-corrected chi connectivity index (χ4v) is 5.10. The van der Waals surface area contributed by atoms with E-state index < -0.39 is 18.1 Å². The van der Waals surface area contributed by atoms with Crippen molar-refractivity contribution in [1.82, 2.24) is 4.90 Å². The summed E-state index contributed by atoms with van der Waals surface area (Å²) in [5.41, 5.74) is 2.34. The Bertz CT molecular complexity index is 1440. The number of nitrogens with zero attached hydrogens (tertiary/aromatic N) is 2. The molecule has 2 fully saturated rings. The van der Waals surface area contributed by atoms with Crippen LogP contribution < -0.4 is 5.06 Å². The number of likely N-dealkylation sites (tertiary alicyclic amines) is 1. The predicted octanol–water partition coefficient (Wildman–Crippen LogP) is 6.30. The zero-order chi connectivity index (χ0) is 24.8. The normalized spacial score (nSPS) is 21.3. The second kappa shape index (κ2) is 9.13.